The van der Waals surface area contributed by atoms with Gasteiger partial charge in [-0.15, -0.1) is 0 Å². The van der Waals surface area contributed by atoms with Gasteiger partial charge in [0.05, 0.1) is 43.5 Å². The third-order valence-electron chi connectivity index (χ3n) is 7.96. The minimum absolute atomic E-state index is 0.0726. The summed E-state index contributed by atoms with van der Waals surface area (Å²) in [4.78, 5) is 45.3. The Morgan fingerprint density at radius 3 is 2.55 bits per heavy atom. The molecule has 0 unspecified atom stereocenters. The minimum Gasteiger partial charge on any atom is -0.497 e. The fourth-order valence-corrected chi connectivity index (χ4v) is 6.21. The van der Waals surface area contributed by atoms with E-state index in [0.29, 0.717) is 34.4 Å². The lowest BCUT2D eigenvalue weighted by Crippen LogP contribution is -2.50. The molecule has 0 saturated carbocycles. The lowest BCUT2D eigenvalue weighted by Gasteiger charge is -2.36. The van der Waals surface area contributed by atoms with Gasteiger partial charge in [0.2, 0.25) is 24.5 Å². The summed E-state index contributed by atoms with van der Waals surface area (Å²) < 4.78 is 21.7. The van der Waals surface area contributed by atoms with Gasteiger partial charge < -0.3 is 29.2 Å². The monoisotopic (exact) mass is 539 g/mol. The predicted octanol–water partition coefficient (Wildman–Crippen LogP) is 3.46. The van der Waals surface area contributed by atoms with E-state index in [-0.39, 0.29) is 12.7 Å². The fraction of sp³-hybridized carbons (Fsp3) is 0.233. The van der Waals surface area contributed by atoms with Crippen molar-refractivity contribution in [2.45, 2.75) is 12.1 Å². The highest BCUT2D eigenvalue weighted by Crippen LogP contribution is 2.50. The van der Waals surface area contributed by atoms with E-state index in [1.165, 1.54) is 19.1 Å². The van der Waals surface area contributed by atoms with E-state index >= 15 is 0 Å². The smallest absolute Gasteiger partial charge is 0.248 e. The van der Waals surface area contributed by atoms with E-state index in [4.69, 9.17) is 18.9 Å². The predicted molar refractivity (Wildman–Crippen MR) is 146 cm³/mol. The van der Waals surface area contributed by atoms with Gasteiger partial charge in [0, 0.05) is 17.8 Å². The number of carbonyl (C=O) groups is 3. The first-order valence-corrected chi connectivity index (χ1v) is 12.9. The lowest BCUT2D eigenvalue weighted by molar-refractivity contribution is -0.126. The topological polar surface area (TPSA) is 107 Å². The first kappa shape index (κ1) is 24.1. The van der Waals surface area contributed by atoms with E-state index in [1.54, 1.807) is 36.4 Å². The number of rotatable bonds is 5. The molecule has 0 bridgehead atoms. The molecule has 2 saturated heterocycles. The van der Waals surface area contributed by atoms with Crippen LogP contribution in [-0.4, -0.2) is 50.8 Å². The first-order chi connectivity index (χ1) is 19.5. The summed E-state index contributed by atoms with van der Waals surface area (Å²) in [5.41, 5.74) is 2.48. The number of nitrogens with zero attached hydrogens (tertiary/aromatic N) is 2. The molecule has 10 heteroatoms. The Bertz CT molecular complexity index is 1600. The number of anilines is 3. The van der Waals surface area contributed by atoms with Crippen molar-refractivity contribution in [2.75, 3.05) is 36.1 Å². The van der Waals surface area contributed by atoms with Crippen molar-refractivity contribution in [1.29, 1.82) is 0 Å². The first-order valence-electron chi connectivity index (χ1n) is 12.9. The molecule has 2 fully saturated rings. The van der Waals surface area contributed by atoms with Gasteiger partial charge in [-0.25, -0.2) is 4.90 Å². The Balaban J connectivity index is 1.31. The van der Waals surface area contributed by atoms with Crippen LogP contribution < -0.4 is 34.1 Å². The molecule has 4 atom stereocenters. The number of amides is 3. The zero-order valence-electron chi connectivity index (χ0n) is 21.7. The maximum Gasteiger partial charge on any atom is 0.248 e. The van der Waals surface area contributed by atoms with Crippen molar-refractivity contribution in [3.05, 3.63) is 72.3 Å². The molecule has 10 nitrogen and oxygen atoms in total. The Labute approximate surface area is 229 Å². The molecule has 4 heterocycles. The summed E-state index contributed by atoms with van der Waals surface area (Å²) in [5.74, 6) is -0.924. The lowest BCUT2D eigenvalue weighted by atomic mass is 9.88. The van der Waals surface area contributed by atoms with Crippen molar-refractivity contribution in [3.63, 3.8) is 0 Å². The van der Waals surface area contributed by atoms with Crippen molar-refractivity contribution in [1.82, 2.24) is 0 Å². The van der Waals surface area contributed by atoms with Crippen molar-refractivity contribution in [2.24, 2.45) is 11.8 Å². The van der Waals surface area contributed by atoms with Gasteiger partial charge in [0.1, 0.15) is 17.5 Å². The fourth-order valence-electron chi connectivity index (χ4n) is 6.21. The number of fused-ring (bicyclic) bond motifs is 6. The molecule has 7 rings (SSSR count). The van der Waals surface area contributed by atoms with Gasteiger partial charge in [-0.1, -0.05) is 30.4 Å². The number of imide groups is 1. The maximum absolute atomic E-state index is 14.1. The van der Waals surface area contributed by atoms with Gasteiger partial charge in [-0.05, 0) is 35.9 Å². The van der Waals surface area contributed by atoms with E-state index in [9.17, 15) is 14.4 Å². The van der Waals surface area contributed by atoms with Gasteiger partial charge >= 0.3 is 0 Å². The van der Waals surface area contributed by atoms with E-state index in [1.807, 2.05) is 41.3 Å². The molecule has 4 aliphatic rings. The van der Waals surface area contributed by atoms with Gasteiger partial charge in [-0.2, -0.15) is 0 Å². The highest BCUT2D eigenvalue weighted by atomic mass is 16.7. The number of hydrogen-bond acceptors (Lipinski definition) is 8. The summed E-state index contributed by atoms with van der Waals surface area (Å²) in [7, 11) is 3.04. The quantitative estimate of drug-likeness (QED) is 0.492. The summed E-state index contributed by atoms with van der Waals surface area (Å²) >= 11 is 0. The second kappa shape index (κ2) is 9.04. The summed E-state index contributed by atoms with van der Waals surface area (Å²) in [6.45, 7) is 0.0726. The van der Waals surface area contributed by atoms with Crippen molar-refractivity contribution in [3.8, 4) is 23.0 Å². The molecule has 3 aromatic carbocycles. The zero-order valence-corrected chi connectivity index (χ0v) is 21.7. The molecule has 4 aliphatic heterocycles. The Morgan fingerprint density at radius 1 is 0.925 bits per heavy atom. The summed E-state index contributed by atoms with van der Waals surface area (Å²) in [5, 5.41) is 2.95. The average molecular weight is 540 g/mol. The molecule has 0 aliphatic carbocycles. The van der Waals surface area contributed by atoms with Crippen LogP contribution in [0.15, 0.2) is 66.7 Å². The summed E-state index contributed by atoms with van der Waals surface area (Å²) in [6, 6.07) is 16.2. The van der Waals surface area contributed by atoms with Crippen LogP contribution in [0.1, 0.15) is 5.56 Å². The summed E-state index contributed by atoms with van der Waals surface area (Å²) in [6.07, 6.45) is 3.85. The molecule has 0 aromatic heterocycles. The second-order valence-corrected chi connectivity index (χ2v) is 9.92. The number of para-hydroxylation sites is 1. The standard InChI is InChI=1S/C30H25N3O7/c1-37-18-9-12-22(38-2)19(14-18)31-28(34)27-26-25(21-10-7-16-5-3-4-6-20(16)33(21)27)29(35)32(30(26)36)17-8-11-23-24(13-17)40-15-39-23/h3-14,21,25-27H,15H2,1-2H3,(H,31,34)/t21-,25+,26+,27-/m0/s1. The van der Waals surface area contributed by atoms with Crippen LogP contribution in [0.5, 0.6) is 23.0 Å². The molecular weight excluding hydrogens is 514 g/mol. The van der Waals surface area contributed by atoms with Crippen LogP contribution in [0.2, 0.25) is 0 Å². The number of nitrogens with one attached hydrogen (secondary N) is 1. The van der Waals surface area contributed by atoms with Crippen LogP contribution in [0.25, 0.3) is 6.08 Å². The Morgan fingerprint density at radius 2 is 1.73 bits per heavy atom. The van der Waals surface area contributed by atoms with Crippen molar-refractivity contribution < 1.29 is 33.3 Å². The van der Waals surface area contributed by atoms with Gasteiger partial charge in [0.25, 0.3) is 0 Å². The molecular formula is C30H25N3O7. The average Bonchev–Trinajstić information content (AvgIpc) is 3.65. The van der Waals surface area contributed by atoms with Crippen LogP contribution in [0.3, 0.4) is 0 Å². The Kier molecular flexibility index (Phi) is 5.44. The highest BCUT2D eigenvalue weighted by molar-refractivity contribution is 6.25. The van der Waals surface area contributed by atoms with E-state index in [0.717, 1.165) is 11.3 Å². The minimum atomic E-state index is -0.965. The van der Waals surface area contributed by atoms with Crippen LogP contribution >= 0.6 is 0 Å². The molecule has 0 spiro atoms. The number of benzene rings is 3. The van der Waals surface area contributed by atoms with Gasteiger partial charge in [0.15, 0.2) is 11.5 Å². The van der Waals surface area contributed by atoms with E-state index < -0.39 is 35.7 Å². The zero-order chi connectivity index (χ0) is 27.5. The van der Waals surface area contributed by atoms with Crippen LogP contribution in [0.4, 0.5) is 17.1 Å². The largest absolute Gasteiger partial charge is 0.497 e. The molecule has 3 aromatic rings. The maximum atomic E-state index is 14.1. The molecule has 40 heavy (non-hydrogen) atoms. The van der Waals surface area contributed by atoms with Crippen LogP contribution in [0, 0.1) is 11.8 Å². The number of hydrogen-bond donors (Lipinski definition) is 1. The van der Waals surface area contributed by atoms with Crippen molar-refractivity contribution >= 4 is 40.9 Å². The SMILES string of the molecule is COc1ccc(OC)c(NC(=O)[C@@H]2[C@@H]3C(=O)N(c4ccc5c(c4)OCO5)C(=O)[C@@H]3[C@@H]3C=Cc4ccccc4N23)c1. The normalized spacial score (nSPS) is 23.6. The molecule has 202 valence electrons. The third-order valence-corrected chi connectivity index (χ3v) is 7.96. The molecule has 0 radical (unpaired) electrons. The van der Waals surface area contributed by atoms with Gasteiger partial charge in [-0.3, -0.25) is 14.4 Å². The Hall–Kier alpha value is -4.99. The van der Waals surface area contributed by atoms with Crippen LogP contribution in [-0.2, 0) is 14.4 Å². The number of methoxy groups -OCH3 is 2. The number of ether oxygens (including phenoxy) is 4. The highest BCUT2D eigenvalue weighted by Gasteiger charge is 2.64. The molecule has 3 amide bonds. The number of carbonyl (C=O) groups excluding carboxylic acids is 3. The second-order valence-electron chi connectivity index (χ2n) is 9.92. The van der Waals surface area contributed by atoms with E-state index in [2.05, 4.69) is 5.32 Å². The third kappa shape index (κ3) is 3.45. The molecule has 1 N–H and O–H groups in total.